The molecule has 120 valence electrons. The predicted octanol–water partition coefficient (Wildman–Crippen LogP) is 2.53. The zero-order valence-corrected chi connectivity index (χ0v) is 13.7. The van der Waals surface area contributed by atoms with E-state index in [1.807, 2.05) is 11.8 Å². The van der Waals surface area contributed by atoms with Crippen LogP contribution in [0.15, 0.2) is 23.1 Å². The minimum Gasteiger partial charge on any atom is -0.334 e. The van der Waals surface area contributed by atoms with Crippen LogP contribution in [-0.4, -0.2) is 47.7 Å². The summed E-state index contributed by atoms with van der Waals surface area (Å²) in [6.07, 6.45) is 3.58. The fourth-order valence-corrected chi connectivity index (χ4v) is 3.27. The largest absolute Gasteiger partial charge is 0.334 e. The quantitative estimate of drug-likeness (QED) is 0.494. The first-order valence-electron chi connectivity index (χ1n) is 7.42. The third-order valence-electron chi connectivity index (χ3n) is 3.82. The monoisotopic (exact) mass is 323 g/mol. The van der Waals surface area contributed by atoms with Gasteiger partial charge in [-0.1, -0.05) is 6.92 Å². The fraction of sp³-hybridized carbons (Fsp3) is 0.533. The third-order valence-corrected chi connectivity index (χ3v) is 4.61. The number of rotatable bonds is 6. The Morgan fingerprint density at radius 1 is 1.55 bits per heavy atom. The van der Waals surface area contributed by atoms with Crippen LogP contribution in [0.4, 0.5) is 5.69 Å². The predicted molar refractivity (Wildman–Crippen MR) is 87.5 cm³/mol. The van der Waals surface area contributed by atoms with Crippen molar-refractivity contribution in [3.8, 4) is 0 Å². The standard InChI is InChI=1S/C15H21N3O3S/c1-3-8-17(12-6-7-16-10-12)15(19)11-4-5-14(22-2)13(9-11)18(20)21/h4-5,9,12,16H,3,6-8,10H2,1-2H3. The van der Waals surface area contributed by atoms with Crippen LogP contribution in [0, 0.1) is 10.1 Å². The van der Waals surface area contributed by atoms with Gasteiger partial charge in [0.25, 0.3) is 11.6 Å². The summed E-state index contributed by atoms with van der Waals surface area (Å²) in [7, 11) is 0. The first-order chi connectivity index (χ1) is 10.6. The van der Waals surface area contributed by atoms with Gasteiger partial charge >= 0.3 is 0 Å². The molecule has 1 unspecified atom stereocenters. The molecular formula is C15H21N3O3S. The molecule has 1 amide bonds. The highest BCUT2D eigenvalue weighted by atomic mass is 32.2. The number of benzene rings is 1. The van der Waals surface area contributed by atoms with Crippen molar-refractivity contribution in [1.29, 1.82) is 0 Å². The molecule has 0 bridgehead atoms. The van der Waals surface area contributed by atoms with E-state index in [9.17, 15) is 14.9 Å². The Balaban J connectivity index is 2.29. The van der Waals surface area contributed by atoms with Crippen LogP contribution < -0.4 is 5.32 Å². The number of thioether (sulfide) groups is 1. The van der Waals surface area contributed by atoms with Gasteiger partial charge in [-0.15, -0.1) is 11.8 Å². The molecule has 0 spiro atoms. The maximum Gasteiger partial charge on any atom is 0.283 e. The van der Waals surface area contributed by atoms with Crippen molar-refractivity contribution in [3.05, 3.63) is 33.9 Å². The first kappa shape index (κ1) is 16.8. The number of hydrogen-bond acceptors (Lipinski definition) is 5. The van der Waals surface area contributed by atoms with E-state index < -0.39 is 4.92 Å². The van der Waals surface area contributed by atoms with Crippen molar-refractivity contribution in [2.24, 2.45) is 0 Å². The summed E-state index contributed by atoms with van der Waals surface area (Å²) in [6.45, 7) is 4.39. The second-order valence-corrected chi connectivity index (χ2v) is 6.14. The Morgan fingerprint density at radius 3 is 2.86 bits per heavy atom. The van der Waals surface area contributed by atoms with Gasteiger partial charge < -0.3 is 10.2 Å². The van der Waals surface area contributed by atoms with E-state index in [1.54, 1.807) is 18.4 Å². The molecule has 1 heterocycles. The van der Waals surface area contributed by atoms with E-state index in [0.717, 1.165) is 25.9 Å². The summed E-state index contributed by atoms with van der Waals surface area (Å²) in [5.74, 6) is -0.119. The Hall–Kier alpha value is -1.60. The molecule has 6 nitrogen and oxygen atoms in total. The number of nitrogens with zero attached hydrogens (tertiary/aromatic N) is 2. The highest BCUT2D eigenvalue weighted by Crippen LogP contribution is 2.29. The van der Waals surface area contributed by atoms with E-state index in [-0.39, 0.29) is 17.6 Å². The van der Waals surface area contributed by atoms with E-state index in [0.29, 0.717) is 17.0 Å². The second-order valence-electron chi connectivity index (χ2n) is 5.29. The maximum atomic E-state index is 12.8. The second kappa shape index (κ2) is 7.60. The molecule has 1 aliphatic rings. The number of amides is 1. The van der Waals surface area contributed by atoms with E-state index in [1.165, 1.54) is 17.8 Å². The highest BCUT2D eigenvalue weighted by Gasteiger charge is 2.28. The first-order valence-corrected chi connectivity index (χ1v) is 8.65. The van der Waals surface area contributed by atoms with Gasteiger partial charge in [0.05, 0.1) is 9.82 Å². The minimum atomic E-state index is -0.427. The van der Waals surface area contributed by atoms with Crippen molar-refractivity contribution in [3.63, 3.8) is 0 Å². The molecule has 7 heteroatoms. The van der Waals surface area contributed by atoms with Gasteiger partial charge in [0, 0.05) is 30.8 Å². The molecular weight excluding hydrogens is 302 g/mol. The number of nitro benzene ring substituents is 1. The lowest BCUT2D eigenvalue weighted by atomic mass is 10.1. The van der Waals surface area contributed by atoms with Crippen molar-refractivity contribution in [1.82, 2.24) is 10.2 Å². The summed E-state index contributed by atoms with van der Waals surface area (Å²) in [5.41, 5.74) is 0.393. The zero-order valence-electron chi connectivity index (χ0n) is 12.9. The highest BCUT2D eigenvalue weighted by molar-refractivity contribution is 7.98. The normalized spacial score (nSPS) is 17.5. The van der Waals surface area contributed by atoms with Crippen molar-refractivity contribution < 1.29 is 9.72 Å². The van der Waals surface area contributed by atoms with Crippen LogP contribution >= 0.6 is 11.8 Å². The van der Waals surface area contributed by atoms with Crippen LogP contribution in [0.1, 0.15) is 30.1 Å². The number of nitrogens with one attached hydrogen (secondary N) is 1. The molecule has 0 aromatic heterocycles. The van der Waals surface area contributed by atoms with E-state index in [4.69, 9.17) is 0 Å². The van der Waals surface area contributed by atoms with Crippen molar-refractivity contribution in [2.45, 2.75) is 30.7 Å². The lowest BCUT2D eigenvalue weighted by molar-refractivity contribution is -0.387. The molecule has 1 saturated heterocycles. The molecule has 1 atom stereocenters. The topological polar surface area (TPSA) is 75.5 Å². The number of nitro groups is 1. The maximum absolute atomic E-state index is 12.8. The Bertz CT molecular complexity index is 559. The average Bonchev–Trinajstić information content (AvgIpc) is 3.05. The molecule has 2 rings (SSSR count). The van der Waals surface area contributed by atoms with Crippen molar-refractivity contribution >= 4 is 23.4 Å². The summed E-state index contributed by atoms with van der Waals surface area (Å²) in [6, 6.07) is 4.92. The number of carbonyl (C=O) groups excluding carboxylic acids is 1. The van der Waals surface area contributed by atoms with E-state index >= 15 is 0 Å². The molecule has 1 aromatic carbocycles. The SMILES string of the molecule is CCCN(C(=O)c1ccc(SC)c([N+](=O)[O-])c1)C1CCNC1. The van der Waals surface area contributed by atoms with Crippen LogP contribution in [0.2, 0.25) is 0 Å². The van der Waals surface area contributed by atoms with Gasteiger partial charge in [-0.05, 0) is 37.8 Å². The third kappa shape index (κ3) is 3.59. The zero-order chi connectivity index (χ0) is 16.1. The average molecular weight is 323 g/mol. The molecule has 0 saturated carbocycles. The van der Waals surface area contributed by atoms with E-state index in [2.05, 4.69) is 5.32 Å². The molecule has 1 aromatic rings. The van der Waals surface area contributed by atoms with Crippen LogP contribution in [-0.2, 0) is 0 Å². The lowest BCUT2D eigenvalue weighted by Gasteiger charge is -2.28. The summed E-state index contributed by atoms with van der Waals surface area (Å²) < 4.78 is 0. The van der Waals surface area contributed by atoms with Gasteiger partial charge in [-0.3, -0.25) is 14.9 Å². The molecule has 1 aliphatic heterocycles. The molecule has 0 radical (unpaired) electrons. The fourth-order valence-electron chi connectivity index (χ4n) is 2.73. The minimum absolute atomic E-state index is 0.000606. The molecule has 1 N–H and O–H groups in total. The Kier molecular flexibility index (Phi) is 5.79. The molecule has 22 heavy (non-hydrogen) atoms. The molecule has 1 fully saturated rings. The van der Waals surface area contributed by atoms with Crippen molar-refractivity contribution in [2.75, 3.05) is 25.9 Å². The molecule has 0 aliphatic carbocycles. The Labute approximate surface area is 134 Å². The number of hydrogen-bond donors (Lipinski definition) is 1. The van der Waals surface area contributed by atoms with Crippen LogP contribution in [0.25, 0.3) is 0 Å². The van der Waals surface area contributed by atoms with Gasteiger partial charge in [0.1, 0.15) is 0 Å². The summed E-state index contributed by atoms with van der Waals surface area (Å²) in [4.78, 5) is 25.9. The lowest BCUT2D eigenvalue weighted by Crippen LogP contribution is -2.42. The Morgan fingerprint density at radius 2 is 2.32 bits per heavy atom. The number of carbonyl (C=O) groups is 1. The van der Waals surface area contributed by atoms with Gasteiger partial charge in [-0.25, -0.2) is 0 Å². The summed E-state index contributed by atoms with van der Waals surface area (Å²) in [5, 5.41) is 14.4. The van der Waals surface area contributed by atoms with Crippen LogP contribution in [0.3, 0.4) is 0 Å². The van der Waals surface area contributed by atoms with Gasteiger partial charge in [-0.2, -0.15) is 0 Å². The summed E-state index contributed by atoms with van der Waals surface area (Å²) >= 11 is 1.31. The van der Waals surface area contributed by atoms with Gasteiger partial charge in [0.2, 0.25) is 0 Å². The van der Waals surface area contributed by atoms with Crippen LogP contribution in [0.5, 0.6) is 0 Å². The smallest absolute Gasteiger partial charge is 0.283 e. The van der Waals surface area contributed by atoms with Gasteiger partial charge in [0.15, 0.2) is 0 Å².